The lowest BCUT2D eigenvalue weighted by molar-refractivity contribution is -0.171. The lowest BCUT2D eigenvalue weighted by atomic mass is 10.1. The molecule has 0 saturated carbocycles. The smallest absolute Gasteiger partial charge is 0.396 e. The van der Waals surface area contributed by atoms with Crippen LogP contribution in [-0.2, 0) is 19.1 Å². The summed E-state index contributed by atoms with van der Waals surface area (Å²) in [5.41, 5.74) is 6.44. The van der Waals surface area contributed by atoms with Gasteiger partial charge >= 0.3 is 6.18 Å². The molecule has 1 unspecified atom stereocenters. The number of nitrogens with zero attached hydrogens (tertiary/aromatic N) is 4. The van der Waals surface area contributed by atoms with Gasteiger partial charge in [-0.2, -0.15) is 13.2 Å². The highest BCUT2D eigenvalue weighted by Crippen LogP contribution is 2.35. The average Bonchev–Trinajstić information content (AvgIpc) is 3.36. The molecule has 5 N–H and O–H groups in total. The summed E-state index contributed by atoms with van der Waals surface area (Å²) in [4.78, 5) is 35.2. The fourth-order valence-corrected chi connectivity index (χ4v) is 3.54. The van der Waals surface area contributed by atoms with Crippen LogP contribution in [-0.4, -0.2) is 87.1 Å². The molecule has 34 heavy (non-hydrogen) atoms. The molecule has 2 aromatic rings. The van der Waals surface area contributed by atoms with E-state index in [1.807, 2.05) is 0 Å². The standard InChI is InChI=1S/C19H25F3N6O6/c20-19(21,22)11(30)4-1-5-24-12(31)7-33-15-14(32)10(3-2-6-29)34-18(15)28-9-27-13-16(23)25-8-26-17(13)28/h8-10,14-15,18,29,32H,1-7H2,(H,24,31)(H2,23,25,26)/t10-,14?,15+,18-/m1/s1/i29T. The van der Waals surface area contributed by atoms with E-state index in [0.29, 0.717) is 24.0 Å². The monoisotopic (exact) mass is 492 g/mol. The van der Waals surface area contributed by atoms with E-state index in [0.717, 1.165) is 0 Å². The lowest BCUT2D eigenvalue weighted by Crippen LogP contribution is -2.38. The number of nitrogen functional groups attached to an aromatic ring is 1. The molecule has 1 amide bonds. The van der Waals surface area contributed by atoms with Crippen LogP contribution in [0.1, 0.15) is 31.9 Å². The quantitative estimate of drug-likeness (QED) is 0.292. The van der Waals surface area contributed by atoms with Gasteiger partial charge in [-0.15, -0.1) is 0 Å². The summed E-state index contributed by atoms with van der Waals surface area (Å²) in [6, 6.07) is 0. The third-order valence-corrected chi connectivity index (χ3v) is 5.23. The zero-order chi connectivity index (χ0) is 25.6. The van der Waals surface area contributed by atoms with Gasteiger partial charge in [-0.1, -0.05) is 0 Å². The summed E-state index contributed by atoms with van der Waals surface area (Å²) >= 11 is 0. The second-order valence-corrected chi connectivity index (χ2v) is 7.64. The van der Waals surface area contributed by atoms with Crippen molar-refractivity contribution in [3.63, 3.8) is 0 Å². The summed E-state index contributed by atoms with van der Waals surface area (Å²) in [6.45, 7) is -0.559. The summed E-state index contributed by atoms with van der Waals surface area (Å²) in [7, 11) is 0. The van der Waals surface area contributed by atoms with Crippen LogP contribution in [0.2, 0.25) is 0 Å². The maximum Gasteiger partial charge on any atom is 0.449 e. The normalized spacial score (nSPS) is 23.2. The van der Waals surface area contributed by atoms with Gasteiger partial charge in [0.15, 0.2) is 17.7 Å². The Hall–Kier alpha value is -2.88. The number of aliphatic hydroxyl groups excluding tert-OH is 2. The first-order valence-corrected chi connectivity index (χ1v) is 10.5. The number of hydrogen-bond acceptors (Lipinski definition) is 10. The first-order chi connectivity index (χ1) is 16.6. The Morgan fingerprint density at radius 3 is 2.85 bits per heavy atom. The van der Waals surface area contributed by atoms with Crippen LogP contribution < -0.4 is 11.1 Å². The van der Waals surface area contributed by atoms with E-state index in [4.69, 9.17) is 16.6 Å². The van der Waals surface area contributed by atoms with Crippen LogP contribution in [0.25, 0.3) is 11.2 Å². The predicted molar refractivity (Wildman–Crippen MR) is 109 cm³/mol. The van der Waals surface area contributed by atoms with Crippen LogP contribution in [0.15, 0.2) is 12.7 Å². The Morgan fingerprint density at radius 1 is 1.32 bits per heavy atom. The van der Waals surface area contributed by atoms with Gasteiger partial charge in [0.05, 0.1) is 12.4 Å². The largest absolute Gasteiger partial charge is 0.449 e. The van der Waals surface area contributed by atoms with E-state index in [9.17, 15) is 27.9 Å². The summed E-state index contributed by atoms with van der Waals surface area (Å²) in [5.74, 6) is -2.38. The number of alkyl halides is 3. The van der Waals surface area contributed by atoms with Gasteiger partial charge in [-0.05, 0) is 19.3 Å². The van der Waals surface area contributed by atoms with E-state index in [-0.39, 0.29) is 25.4 Å². The second-order valence-electron chi connectivity index (χ2n) is 7.64. The zero-order valence-corrected chi connectivity index (χ0v) is 17.9. The van der Waals surface area contributed by atoms with Gasteiger partial charge in [0.2, 0.25) is 13.1 Å². The molecule has 12 nitrogen and oxygen atoms in total. The molecule has 1 aliphatic rings. The molecule has 0 radical (unpaired) electrons. The Kier molecular flexibility index (Phi) is 7.87. The van der Waals surface area contributed by atoms with Crippen molar-refractivity contribution in [2.75, 3.05) is 25.5 Å². The number of imidazole rings is 1. The maximum absolute atomic E-state index is 12.2. The van der Waals surface area contributed by atoms with Gasteiger partial charge < -0.3 is 30.7 Å². The minimum absolute atomic E-state index is 0.125. The van der Waals surface area contributed by atoms with Crippen molar-refractivity contribution in [2.24, 2.45) is 0 Å². The Labute approximate surface area is 192 Å². The number of fused-ring (bicyclic) bond motifs is 1. The van der Waals surface area contributed by atoms with Crippen molar-refractivity contribution in [1.82, 2.24) is 24.8 Å². The van der Waals surface area contributed by atoms with Crippen molar-refractivity contribution in [3.8, 4) is 0 Å². The highest BCUT2D eigenvalue weighted by atomic mass is 19.4. The van der Waals surface area contributed by atoms with Crippen molar-refractivity contribution in [1.29, 1.82) is 1.43 Å². The van der Waals surface area contributed by atoms with E-state index >= 15 is 0 Å². The number of carbonyl (C=O) groups excluding carboxylic acids is 2. The molecule has 1 aliphatic heterocycles. The molecule has 15 heteroatoms. The molecule has 0 aliphatic carbocycles. The van der Waals surface area contributed by atoms with Crippen molar-refractivity contribution < 1.29 is 42.4 Å². The fraction of sp³-hybridized carbons (Fsp3) is 0.632. The van der Waals surface area contributed by atoms with Gasteiger partial charge in [0, 0.05) is 19.6 Å². The van der Waals surface area contributed by atoms with Crippen LogP contribution >= 0.6 is 0 Å². The van der Waals surface area contributed by atoms with E-state index in [1.165, 1.54) is 17.2 Å². The number of Topliss-reactive ketones (excluding diaryl/α,β-unsaturated/α-hetero) is 1. The highest BCUT2D eigenvalue weighted by molar-refractivity contribution is 5.84. The summed E-state index contributed by atoms with van der Waals surface area (Å²) in [5, 5.41) is 17.5. The third-order valence-electron chi connectivity index (χ3n) is 5.23. The molecule has 1 saturated heterocycles. The fourth-order valence-electron chi connectivity index (χ4n) is 3.54. The van der Waals surface area contributed by atoms with Crippen LogP contribution in [0, 0.1) is 0 Å². The molecule has 4 atom stereocenters. The molecule has 0 bridgehead atoms. The third kappa shape index (κ3) is 5.97. The number of hydrogen-bond donors (Lipinski definition) is 4. The number of halogens is 3. The molecule has 0 spiro atoms. The molecule has 1 fully saturated rings. The minimum Gasteiger partial charge on any atom is -0.396 e. The predicted octanol–water partition coefficient (Wildman–Crippen LogP) is -0.148. The van der Waals surface area contributed by atoms with Gasteiger partial charge in [0.1, 0.15) is 30.7 Å². The minimum atomic E-state index is -4.91. The number of carbonyl (C=O) groups is 2. The number of nitrogens with two attached hydrogens (primary N) is 1. The Morgan fingerprint density at radius 2 is 2.12 bits per heavy atom. The number of aromatic nitrogens is 4. The first-order valence-electron chi connectivity index (χ1n) is 10.9. The van der Waals surface area contributed by atoms with Crippen LogP contribution in [0.4, 0.5) is 19.0 Å². The molecule has 3 heterocycles. The second kappa shape index (κ2) is 11.0. The summed E-state index contributed by atoms with van der Waals surface area (Å²) in [6.07, 6.45) is -6.33. The molecular weight excluding hydrogens is 465 g/mol. The van der Waals surface area contributed by atoms with E-state index < -0.39 is 55.4 Å². The number of rotatable bonds is 12. The number of anilines is 1. The molecule has 2 aromatic heterocycles. The highest BCUT2D eigenvalue weighted by Gasteiger charge is 2.46. The number of nitrogens with one attached hydrogen (secondary N) is 1. The van der Waals surface area contributed by atoms with Crippen LogP contribution in [0.5, 0.6) is 0 Å². The first kappa shape index (κ1) is 24.3. The van der Waals surface area contributed by atoms with E-state index in [1.54, 1.807) is 0 Å². The number of amides is 1. The molecule has 3 rings (SSSR count). The van der Waals surface area contributed by atoms with Gasteiger partial charge in [0.25, 0.3) is 0 Å². The molecule has 188 valence electrons. The molecule has 0 aromatic carbocycles. The van der Waals surface area contributed by atoms with Crippen molar-refractivity contribution >= 4 is 28.7 Å². The zero-order valence-electron chi connectivity index (χ0n) is 18.9. The van der Waals surface area contributed by atoms with Gasteiger partial charge in [-0.25, -0.2) is 15.0 Å². The summed E-state index contributed by atoms with van der Waals surface area (Å²) < 4.78 is 56.6. The number of ether oxygens (including phenoxy) is 2. The Bertz CT molecular complexity index is 1020. The average molecular weight is 492 g/mol. The molecular formula is C19H25F3N6O6. The lowest BCUT2D eigenvalue weighted by Gasteiger charge is -2.22. The Balaban J connectivity index is 1.63. The number of ketones is 1. The van der Waals surface area contributed by atoms with Crippen molar-refractivity contribution in [3.05, 3.63) is 12.7 Å². The SMILES string of the molecule is [3H]OCCC[C@H]1O[C@@H](n2cnc3c(N)ncnc32)[C@@H](OCC(=O)NCCCC(=O)C(F)(F)F)C1O. The van der Waals surface area contributed by atoms with Crippen LogP contribution in [0.3, 0.4) is 0 Å². The van der Waals surface area contributed by atoms with Crippen molar-refractivity contribution in [2.45, 2.75) is 56.4 Å². The van der Waals surface area contributed by atoms with Gasteiger partial charge in [-0.3, -0.25) is 14.2 Å². The number of aliphatic hydroxyl groups is 2. The maximum atomic E-state index is 12.2. The van der Waals surface area contributed by atoms with E-state index in [2.05, 4.69) is 25.4 Å². The topological polar surface area (TPSA) is 175 Å².